The highest BCUT2D eigenvalue weighted by Gasteiger charge is 2.45. The summed E-state index contributed by atoms with van der Waals surface area (Å²) < 4.78 is 11.4. The van der Waals surface area contributed by atoms with Crippen molar-refractivity contribution in [3.63, 3.8) is 0 Å². The minimum Gasteiger partial charge on any atom is -0.368 e. The summed E-state index contributed by atoms with van der Waals surface area (Å²) in [4.78, 5) is 4.42. The predicted molar refractivity (Wildman–Crippen MR) is 82.1 cm³/mol. The summed E-state index contributed by atoms with van der Waals surface area (Å²) in [6.07, 6.45) is 0.967. The summed E-state index contributed by atoms with van der Waals surface area (Å²) in [5, 5.41) is 11.5. The molecular weight excluding hydrogens is 286 g/mol. The number of nitrogens with one attached hydrogen (secondary N) is 1. The molecule has 0 amide bonds. The van der Waals surface area contributed by atoms with Crippen LogP contribution in [-0.2, 0) is 11.3 Å². The molecule has 0 aromatic carbocycles. The van der Waals surface area contributed by atoms with Gasteiger partial charge in [0, 0.05) is 11.4 Å². The number of aromatic nitrogens is 2. The van der Waals surface area contributed by atoms with Gasteiger partial charge in [0.2, 0.25) is 0 Å². The lowest BCUT2D eigenvalue weighted by atomic mass is 9.94. The molecule has 1 atom stereocenters. The van der Waals surface area contributed by atoms with Crippen molar-refractivity contribution in [3.05, 3.63) is 22.7 Å². The first kappa shape index (κ1) is 14.7. The van der Waals surface area contributed by atoms with Crippen LogP contribution in [0.5, 0.6) is 0 Å². The number of nitrogens with zero attached hydrogens (tertiary/aromatic N) is 2. The average Bonchev–Trinajstić information content (AvgIpc) is 3.05. The van der Waals surface area contributed by atoms with E-state index < -0.39 is 0 Å². The molecule has 5 nitrogen and oxygen atoms in total. The molecule has 3 heterocycles. The first-order valence-corrected chi connectivity index (χ1v) is 8.09. The van der Waals surface area contributed by atoms with Crippen LogP contribution in [0.3, 0.4) is 0 Å². The van der Waals surface area contributed by atoms with Crippen molar-refractivity contribution in [2.45, 2.75) is 57.9 Å². The maximum absolute atomic E-state index is 6.08. The van der Waals surface area contributed by atoms with Crippen LogP contribution in [0.25, 0.3) is 11.5 Å². The molecule has 0 spiro atoms. The van der Waals surface area contributed by atoms with Crippen molar-refractivity contribution in [1.82, 2.24) is 15.5 Å². The van der Waals surface area contributed by atoms with Crippen LogP contribution >= 0.6 is 11.3 Å². The van der Waals surface area contributed by atoms with Crippen molar-refractivity contribution in [2.24, 2.45) is 0 Å². The molecular formula is C15H21N3O2S. The lowest BCUT2D eigenvalue weighted by Crippen LogP contribution is -2.43. The van der Waals surface area contributed by atoms with Crippen LogP contribution in [0, 0.1) is 0 Å². The topological polar surface area (TPSA) is 60.2 Å². The van der Waals surface area contributed by atoms with E-state index >= 15 is 0 Å². The van der Waals surface area contributed by atoms with Crippen molar-refractivity contribution in [1.29, 1.82) is 0 Å². The molecule has 1 aliphatic rings. The van der Waals surface area contributed by atoms with E-state index in [9.17, 15) is 0 Å². The monoisotopic (exact) mass is 307 g/mol. The van der Waals surface area contributed by atoms with Gasteiger partial charge in [-0.25, -0.2) is 0 Å². The molecule has 0 radical (unpaired) electrons. The van der Waals surface area contributed by atoms with Crippen LogP contribution in [0.15, 0.2) is 21.3 Å². The predicted octanol–water partition coefficient (Wildman–Crippen LogP) is 3.23. The van der Waals surface area contributed by atoms with Gasteiger partial charge < -0.3 is 14.6 Å². The fourth-order valence-corrected chi connectivity index (χ4v) is 3.55. The molecule has 3 rings (SSSR count). The number of ether oxygens (including phenoxy) is 1. The van der Waals surface area contributed by atoms with E-state index in [0.29, 0.717) is 18.3 Å². The van der Waals surface area contributed by atoms with Gasteiger partial charge in [-0.1, -0.05) is 5.16 Å². The van der Waals surface area contributed by atoms with E-state index in [2.05, 4.69) is 43.2 Å². The van der Waals surface area contributed by atoms with Gasteiger partial charge in [0.05, 0.1) is 23.3 Å². The second-order valence-electron chi connectivity index (χ2n) is 6.63. The lowest BCUT2D eigenvalue weighted by Gasteiger charge is -2.27. The standard InChI is InChI=1S/C15H21N3O2S/c1-14(2)7-11(15(3,4)20-14)16-8-12-17-13(19-18-12)10-5-6-21-9-10/h5-6,9,11,16H,7-8H2,1-4H3/t11-/m0/s1. The molecule has 1 saturated heterocycles. The lowest BCUT2D eigenvalue weighted by molar-refractivity contribution is -0.0699. The van der Waals surface area contributed by atoms with Gasteiger partial charge in [0.15, 0.2) is 5.82 Å². The van der Waals surface area contributed by atoms with E-state index in [4.69, 9.17) is 9.26 Å². The minimum absolute atomic E-state index is 0.0970. The van der Waals surface area contributed by atoms with E-state index in [1.54, 1.807) is 11.3 Å². The third-order valence-corrected chi connectivity index (χ3v) is 4.50. The summed E-state index contributed by atoms with van der Waals surface area (Å²) in [6.45, 7) is 9.07. The van der Waals surface area contributed by atoms with Gasteiger partial charge in [-0.15, -0.1) is 0 Å². The number of thiophene rings is 1. The molecule has 0 aliphatic carbocycles. The van der Waals surface area contributed by atoms with Gasteiger partial charge in [0.1, 0.15) is 0 Å². The first-order chi connectivity index (χ1) is 9.86. The first-order valence-electron chi connectivity index (χ1n) is 7.14. The fourth-order valence-electron chi connectivity index (χ4n) is 2.92. The zero-order chi connectivity index (χ0) is 15.1. The molecule has 2 aromatic rings. The zero-order valence-electron chi connectivity index (χ0n) is 12.8. The third kappa shape index (κ3) is 3.17. The van der Waals surface area contributed by atoms with Crippen molar-refractivity contribution < 1.29 is 9.26 Å². The Hall–Kier alpha value is -1.24. The Kier molecular flexibility index (Phi) is 3.63. The van der Waals surface area contributed by atoms with E-state index in [-0.39, 0.29) is 17.2 Å². The Labute approximate surface area is 128 Å². The van der Waals surface area contributed by atoms with Crippen molar-refractivity contribution >= 4 is 11.3 Å². The largest absolute Gasteiger partial charge is 0.368 e. The molecule has 0 bridgehead atoms. The van der Waals surface area contributed by atoms with Crippen LogP contribution < -0.4 is 5.32 Å². The SMILES string of the molecule is CC1(C)C[C@H](NCc2noc(-c3ccsc3)n2)C(C)(C)O1. The normalized spacial score (nSPS) is 23.5. The summed E-state index contributed by atoms with van der Waals surface area (Å²) in [6, 6.07) is 2.25. The van der Waals surface area contributed by atoms with Crippen LogP contribution in [0.2, 0.25) is 0 Å². The molecule has 0 saturated carbocycles. The molecule has 1 aliphatic heterocycles. The highest BCUT2D eigenvalue weighted by molar-refractivity contribution is 7.08. The maximum atomic E-state index is 6.08. The second-order valence-corrected chi connectivity index (χ2v) is 7.41. The number of hydrogen-bond donors (Lipinski definition) is 1. The van der Waals surface area contributed by atoms with E-state index in [1.807, 2.05) is 16.8 Å². The summed E-state index contributed by atoms with van der Waals surface area (Å²) in [7, 11) is 0. The Bertz CT molecular complexity index is 604. The smallest absolute Gasteiger partial charge is 0.258 e. The maximum Gasteiger partial charge on any atom is 0.258 e. The molecule has 0 unspecified atom stereocenters. The van der Waals surface area contributed by atoms with Gasteiger partial charge >= 0.3 is 0 Å². The van der Waals surface area contributed by atoms with Gasteiger partial charge in [-0.3, -0.25) is 0 Å². The molecule has 2 aromatic heterocycles. The molecule has 114 valence electrons. The van der Waals surface area contributed by atoms with Crippen molar-refractivity contribution in [2.75, 3.05) is 0 Å². The average molecular weight is 307 g/mol. The quantitative estimate of drug-likeness (QED) is 0.939. The Morgan fingerprint density at radius 3 is 2.81 bits per heavy atom. The molecule has 1 N–H and O–H groups in total. The van der Waals surface area contributed by atoms with Crippen molar-refractivity contribution in [3.8, 4) is 11.5 Å². The molecule has 1 fully saturated rings. The Morgan fingerprint density at radius 1 is 1.38 bits per heavy atom. The van der Waals surface area contributed by atoms with Gasteiger partial charge in [-0.2, -0.15) is 16.3 Å². The van der Waals surface area contributed by atoms with Crippen LogP contribution in [0.1, 0.15) is 39.9 Å². The molecule has 21 heavy (non-hydrogen) atoms. The summed E-state index contributed by atoms with van der Waals surface area (Å²) in [5.74, 6) is 1.26. The fraction of sp³-hybridized carbons (Fsp3) is 0.600. The number of hydrogen-bond acceptors (Lipinski definition) is 6. The Morgan fingerprint density at radius 2 is 2.19 bits per heavy atom. The highest BCUT2D eigenvalue weighted by Crippen LogP contribution is 2.37. The second kappa shape index (κ2) is 5.19. The van der Waals surface area contributed by atoms with E-state index in [0.717, 1.165) is 12.0 Å². The summed E-state index contributed by atoms with van der Waals surface area (Å²) >= 11 is 1.62. The number of rotatable bonds is 4. The molecule has 6 heteroatoms. The third-order valence-electron chi connectivity index (χ3n) is 3.82. The van der Waals surface area contributed by atoms with E-state index in [1.165, 1.54) is 0 Å². The van der Waals surface area contributed by atoms with Gasteiger partial charge in [0.25, 0.3) is 5.89 Å². The zero-order valence-corrected chi connectivity index (χ0v) is 13.7. The minimum atomic E-state index is -0.191. The Balaban J connectivity index is 1.63. The summed E-state index contributed by atoms with van der Waals surface area (Å²) in [5.41, 5.74) is 0.688. The van der Waals surface area contributed by atoms with Gasteiger partial charge in [-0.05, 0) is 45.6 Å². The highest BCUT2D eigenvalue weighted by atomic mass is 32.1. The van der Waals surface area contributed by atoms with Crippen LogP contribution in [-0.4, -0.2) is 27.4 Å². The van der Waals surface area contributed by atoms with Crippen LogP contribution in [0.4, 0.5) is 0 Å².